The molecule has 0 saturated carbocycles. The monoisotopic (exact) mass is 445 g/mol. The van der Waals surface area contributed by atoms with Crippen LogP contribution >= 0.6 is 23.1 Å². The Balaban J connectivity index is 1.29. The lowest BCUT2D eigenvalue weighted by Gasteiger charge is -2.36. The SMILES string of the molecule is CC(=O)c1ccc(N2CCN(C(=O)CSc3n[nH]c(-c4cccs4)n3)CC2)c(F)c1. The molecule has 1 saturated heterocycles. The molecule has 0 radical (unpaired) electrons. The van der Waals surface area contributed by atoms with Crippen molar-refractivity contribution in [2.24, 2.45) is 0 Å². The number of amides is 1. The second-order valence-corrected chi connectivity index (χ2v) is 8.71. The van der Waals surface area contributed by atoms with Crippen molar-refractivity contribution >= 4 is 40.5 Å². The molecule has 1 aliphatic rings. The maximum absolute atomic E-state index is 14.4. The number of ketones is 1. The van der Waals surface area contributed by atoms with Crippen molar-refractivity contribution in [3.63, 3.8) is 0 Å². The summed E-state index contributed by atoms with van der Waals surface area (Å²) < 4.78 is 14.4. The predicted octanol–water partition coefficient (Wildman–Crippen LogP) is 3.32. The zero-order valence-electron chi connectivity index (χ0n) is 16.3. The smallest absolute Gasteiger partial charge is 0.233 e. The van der Waals surface area contributed by atoms with E-state index in [1.54, 1.807) is 28.4 Å². The Hall–Kier alpha value is -2.72. The minimum Gasteiger partial charge on any atom is -0.366 e. The quantitative estimate of drug-likeness (QED) is 0.463. The van der Waals surface area contributed by atoms with Crippen molar-refractivity contribution in [2.45, 2.75) is 12.1 Å². The lowest BCUT2D eigenvalue weighted by molar-refractivity contribution is -0.128. The van der Waals surface area contributed by atoms with Gasteiger partial charge in [-0.2, -0.15) is 0 Å². The van der Waals surface area contributed by atoms with Crippen LogP contribution in [0.4, 0.5) is 10.1 Å². The molecule has 7 nitrogen and oxygen atoms in total. The van der Waals surface area contributed by atoms with Gasteiger partial charge in [0.15, 0.2) is 11.6 Å². The number of carbonyl (C=O) groups excluding carboxylic acids is 2. The number of carbonyl (C=O) groups is 2. The summed E-state index contributed by atoms with van der Waals surface area (Å²) in [6.45, 7) is 3.52. The van der Waals surface area contributed by atoms with Crippen molar-refractivity contribution in [3.8, 4) is 10.7 Å². The number of halogens is 1. The van der Waals surface area contributed by atoms with Crippen LogP contribution in [0.25, 0.3) is 10.7 Å². The van der Waals surface area contributed by atoms with E-state index in [4.69, 9.17) is 0 Å². The highest BCUT2D eigenvalue weighted by molar-refractivity contribution is 7.99. The summed E-state index contributed by atoms with van der Waals surface area (Å²) in [5.41, 5.74) is 0.819. The number of hydrogen-bond acceptors (Lipinski definition) is 7. The van der Waals surface area contributed by atoms with E-state index in [9.17, 15) is 14.0 Å². The molecule has 1 fully saturated rings. The number of piperazine rings is 1. The molecule has 1 aliphatic heterocycles. The van der Waals surface area contributed by atoms with Gasteiger partial charge in [0.25, 0.3) is 0 Å². The Kier molecular flexibility index (Phi) is 6.14. The van der Waals surface area contributed by atoms with E-state index in [2.05, 4.69) is 15.2 Å². The third-order valence-corrected chi connectivity index (χ3v) is 6.58. The van der Waals surface area contributed by atoms with E-state index in [1.165, 1.54) is 24.8 Å². The number of anilines is 1. The maximum Gasteiger partial charge on any atom is 0.233 e. The summed E-state index contributed by atoms with van der Waals surface area (Å²) in [6, 6.07) is 8.44. The fraction of sp³-hybridized carbons (Fsp3) is 0.300. The standard InChI is InChI=1S/C20H20FN5O2S2/c1-13(27)14-4-5-16(15(21)11-14)25-6-8-26(9-7-25)18(28)12-30-20-22-19(23-24-20)17-3-2-10-29-17/h2-5,10-11H,6-9,12H2,1H3,(H,22,23,24). The molecule has 0 unspecified atom stereocenters. The van der Waals surface area contributed by atoms with Crippen LogP contribution in [0, 0.1) is 5.82 Å². The molecule has 30 heavy (non-hydrogen) atoms. The van der Waals surface area contributed by atoms with Gasteiger partial charge in [0.05, 0.1) is 16.3 Å². The van der Waals surface area contributed by atoms with Crippen LogP contribution in [0.5, 0.6) is 0 Å². The first-order valence-corrected chi connectivity index (χ1v) is 11.3. The summed E-state index contributed by atoms with van der Waals surface area (Å²) in [4.78, 5) is 33.0. The third-order valence-electron chi connectivity index (χ3n) is 4.87. The van der Waals surface area contributed by atoms with Gasteiger partial charge in [0.2, 0.25) is 11.1 Å². The molecule has 3 heterocycles. The molecular formula is C20H20FN5O2S2. The number of rotatable bonds is 6. The highest BCUT2D eigenvalue weighted by atomic mass is 32.2. The van der Waals surface area contributed by atoms with Crippen molar-refractivity contribution in [1.82, 2.24) is 20.1 Å². The molecule has 0 bridgehead atoms. The highest BCUT2D eigenvalue weighted by Crippen LogP contribution is 2.24. The van der Waals surface area contributed by atoms with E-state index in [0.29, 0.717) is 48.4 Å². The maximum atomic E-state index is 14.4. The molecule has 0 spiro atoms. The molecular weight excluding hydrogens is 425 g/mol. The molecule has 4 rings (SSSR count). The number of hydrogen-bond donors (Lipinski definition) is 1. The van der Waals surface area contributed by atoms with Gasteiger partial charge in [-0.1, -0.05) is 17.8 Å². The lowest BCUT2D eigenvalue weighted by atomic mass is 10.1. The summed E-state index contributed by atoms with van der Waals surface area (Å²) >= 11 is 2.87. The zero-order chi connectivity index (χ0) is 21.1. The fourth-order valence-electron chi connectivity index (χ4n) is 3.23. The van der Waals surface area contributed by atoms with Crippen LogP contribution in [-0.4, -0.2) is 63.7 Å². The Morgan fingerprint density at radius 1 is 1.23 bits per heavy atom. The summed E-state index contributed by atoms with van der Waals surface area (Å²) in [5.74, 6) is 0.385. The second-order valence-electron chi connectivity index (χ2n) is 6.82. The van der Waals surface area contributed by atoms with Gasteiger partial charge < -0.3 is 9.80 Å². The molecule has 3 aromatic rings. The summed E-state index contributed by atoms with van der Waals surface area (Å²) in [7, 11) is 0. The number of Topliss-reactive ketones (excluding diaryl/α,β-unsaturated/α-hetero) is 1. The Labute approximate surface area is 181 Å². The molecule has 2 aromatic heterocycles. The Morgan fingerprint density at radius 3 is 2.70 bits per heavy atom. The van der Waals surface area contributed by atoms with Gasteiger partial charge >= 0.3 is 0 Å². The normalized spacial score (nSPS) is 14.2. The van der Waals surface area contributed by atoms with E-state index < -0.39 is 5.82 Å². The predicted molar refractivity (Wildman–Crippen MR) is 116 cm³/mol. The van der Waals surface area contributed by atoms with E-state index in [-0.39, 0.29) is 17.4 Å². The van der Waals surface area contributed by atoms with Gasteiger partial charge in [0, 0.05) is 31.7 Å². The highest BCUT2D eigenvalue weighted by Gasteiger charge is 2.23. The van der Waals surface area contributed by atoms with Gasteiger partial charge in [0.1, 0.15) is 5.82 Å². The lowest BCUT2D eigenvalue weighted by Crippen LogP contribution is -2.49. The van der Waals surface area contributed by atoms with Gasteiger partial charge in [-0.3, -0.25) is 14.7 Å². The molecule has 156 valence electrons. The first-order chi connectivity index (χ1) is 14.5. The number of aromatic amines is 1. The molecule has 0 aliphatic carbocycles. The van der Waals surface area contributed by atoms with Crippen LogP contribution < -0.4 is 4.90 Å². The van der Waals surface area contributed by atoms with Gasteiger partial charge in [-0.15, -0.1) is 16.4 Å². The number of aromatic nitrogens is 3. The van der Waals surface area contributed by atoms with Crippen LogP contribution in [0.2, 0.25) is 0 Å². The molecule has 1 aromatic carbocycles. The van der Waals surface area contributed by atoms with Gasteiger partial charge in [-0.25, -0.2) is 9.37 Å². The molecule has 1 amide bonds. The summed E-state index contributed by atoms with van der Waals surface area (Å²) in [6.07, 6.45) is 0. The fourth-order valence-corrected chi connectivity index (χ4v) is 4.60. The zero-order valence-corrected chi connectivity index (χ0v) is 17.9. The molecule has 0 atom stereocenters. The second kappa shape index (κ2) is 8.97. The largest absolute Gasteiger partial charge is 0.366 e. The minimum absolute atomic E-state index is 0.00882. The van der Waals surface area contributed by atoms with Crippen molar-refractivity contribution in [3.05, 3.63) is 47.1 Å². The topological polar surface area (TPSA) is 82.2 Å². The first-order valence-electron chi connectivity index (χ1n) is 9.43. The first kappa shape index (κ1) is 20.5. The Morgan fingerprint density at radius 2 is 2.03 bits per heavy atom. The number of nitrogens with zero attached hydrogens (tertiary/aromatic N) is 4. The van der Waals surface area contributed by atoms with Crippen molar-refractivity contribution in [2.75, 3.05) is 36.8 Å². The Bertz CT molecular complexity index is 1050. The van der Waals surface area contributed by atoms with Crippen molar-refractivity contribution < 1.29 is 14.0 Å². The number of thiophene rings is 1. The molecule has 1 N–H and O–H groups in total. The number of H-pyrrole nitrogens is 1. The minimum atomic E-state index is -0.413. The van der Waals surface area contributed by atoms with Gasteiger partial charge in [-0.05, 0) is 36.6 Å². The average molecular weight is 446 g/mol. The number of thioether (sulfide) groups is 1. The summed E-state index contributed by atoms with van der Waals surface area (Å²) in [5, 5.41) is 9.56. The van der Waals surface area contributed by atoms with E-state index >= 15 is 0 Å². The van der Waals surface area contributed by atoms with Crippen LogP contribution in [-0.2, 0) is 4.79 Å². The number of nitrogens with one attached hydrogen (secondary N) is 1. The average Bonchev–Trinajstić information content (AvgIpc) is 3.44. The van der Waals surface area contributed by atoms with Crippen molar-refractivity contribution in [1.29, 1.82) is 0 Å². The number of benzene rings is 1. The van der Waals surface area contributed by atoms with Crippen LogP contribution in [0.3, 0.4) is 0 Å². The van der Waals surface area contributed by atoms with Crippen LogP contribution in [0.1, 0.15) is 17.3 Å². The third kappa shape index (κ3) is 4.54. The van der Waals surface area contributed by atoms with E-state index in [1.807, 2.05) is 22.4 Å². The molecule has 10 heteroatoms. The van der Waals surface area contributed by atoms with Crippen LogP contribution in [0.15, 0.2) is 40.9 Å². The van der Waals surface area contributed by atoms with E-state index in [0.717, 1.165) is 4.88 Å².